The number of nitrogens with one attached hydrogen (secondary N) is 1. The van der Waals surface area contributed by atoms with Gasteiger partial charge < -0.3 is 15.2 Å². The highest BCUT2D eigenvalue weighted by molar-refractivity contribution is 6.35. The van der Waals surface area contributed by atoms with Crippen LogP contribution in [0, 0.1) is 5.82 Å². The molecule has 0 amide bonds. The largest absolute Gasteiger partial charge is 0.389 e. The van der Waals surface area contributed by atoms with Crippen molar-refractivity contribution in [1.82, 2.24) is 5.32 Å². The molecule has 0 aromatic heterocycles. The van der Waals surface area contributed by atoms with Crippen molar-refractivity contribution >= 4 is 23.2 Å². The Balaban J connectivity index is 2.67. The number of hydrogen-bond acceptors (Lipinski definition) is 3. The van der Waals surface area contributed by atoms with E-state index in [9.17, 15) is 9.50 Å². The zero-order chi connectivity index (χ0) is 15.3. The predicted molar refractivity (Wildman–Crippen MR) is 80.0 cm³/mol. The summed E-state index contributed by atoms with van der Waals surface area (Å²) >= 11 is 11.7. The van der Waals surface area contributed by atoms with Gasteiger partial charge in [0.2, 0.25) is 0 Å². The summed E-state index contributed by atoms with van der Waals surface area (Å²) in [7, 11) is 1.59. The van der Waals surface area contributed by atoms with Crippen LogP contribution in [0.5, 0.6) is 0 Å². The van der Waals surface area contributed by atoms with Crippen molar-refractivity contribution in [2.45, 2.75) is 31.9 Å². The van der Waals surface area contributed by atoms with E-state index in [4.69, 9.17) is 27.9 Å². The van der Waals surface area contributed by atoms with E-state index in [2.05, 4.69) is 5.32 Å². The SMILES string of the molecule is COCCC(C)(O)CNC(C)c1cc(F)c(Cl)cc1Cl. The topological polar surface area (TPSA) is 41.5 Å². The summed E-state index contributed by atoms with van der Waals surface area (Å²) in [5.41, 5.74) is -0.294. The van der Waals surface area contributed by atoms with Crippen molar-refractivity contribution in [3.05, 3.63) is 33.6 Å². The molecule has 3 nitrogen and oxygen atoms in total. The summed E-state index contributed by atoms with van der Waals surface area (Å²) in [6.07, 6.45) is 0.506. The predicted octanol–water partition coefficient (Wildman–Crippen LogP) is 3.57. The van der Waals surface area contributed by atoms with E-state index >= 15 is 0 Å². The Hall–Kier alpha value is -0.390. The molecule has 6 heteroatoms. The number of ether oxygens (including phenoxy) is 1. The quantitative estimate of drug-likeness (QED) is 0.754. The lowest BCUT2D eigenvalue weighted by Gasteiger charge is -2.26. The Labute approximate surface area is 129 Å². The molecule has 0 fully saturated rings. The second kappa shape index (κ2) is 7.57. The van der Waals surface area contributed by atoms with Gasteiger partial charge in [-0.25, -0.2) is 4.39 Å². The molecule has 0 aliphatic rings. The molecule has 0 saturated heterocycles. The maximum Gasteiger partial charge on any atom is 0.142 e. The molecule has 2 unspecified atom stereocenters. The average molecular weight is 324 g/mol. The van der Waals surface area contributed by atoms with Gasteiger partial charge in [-0.1, -0.05) is 23.2 Å². The Bertz CT molecular complexity index is 455. The third-order valence-electron chi connectivity index (χ3n) is 3.14. The number of methoxy groups -OCH3 is 1. The second-order valence-electron chi connectivity index (χ2n) is 5.13. The normalized spacial score (nSPS) is 15.9. The molecule has 1 aromatic rings. The number of rotatable bonds is 7. The van der Waals surface area contributed by atoms with Gasteiger partial charge in [-0.15, -0.1) is 0 Å². The minimum absolute atomic E-state index is 0.00181. The lowest BCUT2D eigenvalue weighted by atomic mass is 10.0. The fourth-order valence-corrected chi connectivity index (χ4v) is 2.31. The standard InChI is InChI=1S/C14H20Cl2FNO2/c1-9(18-8-14(2,19)4-5-20-3)10-6-13(17)12(16)7-11(10)15/h6-7,9,18-19H,4-5,8H2,1-3H3. The van der Waals surface area contributed by atoms with Gasteiger partial charge in [0.25, 0.3) is 0 Å². The van der Waals surface area contributed by atoms with Gasteiger partial charge in [0.05, 0.1) is 10.6 Å². The van der Waals surface area contributed by atoms with Crippen LogP contribution in [0.15, 0.2) is 12.1 Å². The summed E-state index contributed by atoms with van der Waals surface area (Å²) in [5, 5.41) is 13.7. The van der Waals surface area contributed by atoms with Crippen LogP contribution in [0.3, 0.4) is 0 Å². The summed E-state index contributed by atoms with van der Waals surface area (Å²) in [6.45, 7) is 4.38. The summed E-state index contributed by atoms with van der Waals surface area (Å²) in [5.74, 6) is -0.508. The lowest BCUT2D eigenvalue weighted by molar-refractivity contribution is 0.0231. The molecule has 1 aromatic carbocycles. The summed E-state index contributed by atoms with van der Waals surface area (Å²) in [4.78, 5) is 0. The van der Waals surface area contributed by atoms with Crippen LogP contribution >= 0.6 is 23.2 Å². The fourth-order valence-electron chi connectivity index (χ4n) is 1.76. The monoisotopic (exact) mass is 323 g/mol. The smallest absolute Gasteiger partial charge is 0.142 e. The third-order valence-corrected chi connectivity index (χ3v) is 3.76. The maximum absolute atomic E-state index is 13.5. The minimum atomic E-state index is -0.901. The van der Waals surface area contributed by atoms with E-state index in [1.807, 2.05) is 6.92 Å². The van der Waals surface area contributed by atoms with E-state index in [0.717, 1.165) is 0 Å². The van der Waals surface area contributed by atoms with Crippen molar-refractivity contribution in [3.63, 3.8) is 0 Å². The van der Waals surface area contributed by atoms with Gasteiger partial charge in [0.15, 0.2) is 0 Å². The second-order valence-corrected chi connectivity index (χ2v) is 5.94. The molecule has 114 valence electrons. The Morgan fingerprint density at radius 2 is 2.05 bits per heavy atom. The molecular formula is C14H20Cl2FNO2. The van der Waals surface area contributed by atoms with Gasteiger partial charge in [-0.3, -0.25) is 0 Å². The van der Waals surface area contributed by atoms with Crippen LogP contribution in [0.25, 0.3) is 0 Å². The molecule has 0 saturated carbocycles. The molecule has 0 heterocycles. The van der Waals surface area contributed by atoms with E-state index in [-0.39, 0.29) is 11.1 Å². The van der Waals surface area contributed by atoms with Crippen LogP contribution < -0.4 is 5.32 Å². The van der Waals surface area contributed by atoms with Gasteiger partial charge >= 0.3 is 0 Å². The van der Waals surface area contributed by atoms with Gasteiger partial charge in [-0.05, 0) is 31.5 Å². The first-order valence-electron chi connectivity index (χ1n) is 6.36. The van der Waals surface area contributed by atoms with Crippen molar-refractivity contribution in [1.29, 1.82) is 0 Å². The maximum atomic E-state index is 13.5. The van der Waals surface area contributed by atoms with E-state index in [1.54, 1.807) is 14.0 Å². The zero-order valence-electron chi connectivity index (χ0n) is 11.8. The Kier molecular flexibility index (Phi) is 6.69. The van der Waals surface area contributed by atoms with Crippen molar-refractivity contribution in [2.24, 2.45) is 0 Å². The molecule has 0 spiro atoms. The summed E-state index contributed by atoms with van der Waals surface area (Å²) in [6, 6.07) is 2.49. The van der Waals surface area contributed by atoms with Gasteiger partial charge in [-0.2, -0.15) is 0 Å². The molecule has 0 radical (unpaired) electrons. The van der Waals surface area contributed by atoms with Crippen LogP contribution in [0.1, 0.15) is 31.9 Å². The van der Waals surface area contributed by atoms with Crippen molar-refractivity contribution in [3.8, 4) is 0 Å². The van der Waals surface area contributed by atoms with Crippen LogP contribution in [0.4, 0.5) is 4.39 Å². The molecule has 2 atom stereocenters. The number of benzene rings is 1. The van der Waals surface area contributed by atoms with Crippen LogP contribution in [0.2, 0.25) is 10.0 Å². The number of halogens is 3. The van der Waals surface area contributed by atoms with E-state index in [1.165, 1.54) is 12.1 Å². The van der Waals surface area contributed by atoms with Gasteiger partial charge in [0, 0.05) is 37.7 Å². The van der Waals surface area contributed by atoms with Crippen LogP contribution in [-0.4, -0.2) is 31.0 Å². The minimum Gasteiger partial charge on any atom is -0.389 e. The van der Waals surface area contributed by atoms with E-state index in [0.29, 0.717) is 30.2 Å². The number of aliphatic hydroxyl groups is 1. The molecule has 2 N–H and O–H groups in total. The molecule has 1 rings (SSSR count). The van der Waals surface area contributed by atoms with Crippen molar-refractivity contribution in [2.75, 3.05) is 20.3 Å². The highest BCUT2D eigenvalue weighted by Crippen LogP contribution is 2.28. The zero-order valence-corrected chi connectivity index (χ0v) is 13.4. The van der Waals surface area contributed by atoms with Gasteiger partial charge in [0.1, 0.15) is 5.82 Å². The molecule has 0 aliphatic carbocycles. The molecule has 0 bridgehead atoms. The average Bonchev–Trinajstić information content (AvgIpc) is 2.38. The van der Waals surface area contributed by atoms with Crippen molar-refractivity contribution < 1.29 is 14.2 Å². The first kappa shape index (κ1) is 17.7. The Morgan fingerprint density at radius 3 is 2.65 bits per heavy atom. The number of hydrogen-bond donors (Lipinski definition) is 2. The first-order chi connectivity index (χ1) is 9.26. The Morgan fingerprint density at radius 1 is 1.40 bits per heavy atom. The highest BCUT2D eigenvalue weighted by Gasteiger charge is 2.22. The van der Waals surface area contributed by atoms with E-state index < -0.39 is 11.4 Å². The molecule has 0 aliphatic heterocycles. The third kappa shape index (κ3) is 5.19. The highest BCUT2D eigenvalue weighted by atomic mass is 35.5. The molecule has 20 heavy (non-hydrogen) atoms. The molecular weight excluding hydrogens is 304 g/mol. The lowest BCUT2D eigenvalue weighted by Crippen LogP contribution is -2.39. The first-order valence-corrected chi connectivity index (χ1v) is 7.11. The summed E-state index contributed by atoms with van der Waals surface area (Å²) < 4.78 is 18.4. The van der Waals surface area contributed by atoms with Crippen LogP contribution in [-0.2, 0) is 4.74 Å². The fraction of sp³-hybridized carbons (Fsp3) is 0.571.